The third-order valence-corrected chi connectivity index (χ3v) is 4.30. The summed E-state index contributed by atoms with van der Waals surface area (Å²) in [6.45, 7) is 0.555. The highest BCUT2D eigenvalue weighted by atomic mass is 16.6. The van der Waals surface area contributed by atoms with Crippen molar-refractivity contribution in [3.05, 3.63) is 71.8 Å². The van der Waals surface area contributed by atoms with Crippen LogP contribution in [0.4, 0.5) is 4.79 Å². The molecule has 24 heavy (non-hydrogen) atoms. The van der Waals surface area contributed by atoms with Gasteiger partial charge in [-0.15, -0.1) is 0 Å². The van der Waals surface area contributed by atoms with E-state index in [9.17, 15) is 14.7 Å². The Morgan fingerprint density at radius 3 is 2.29 bits per heavy atom. The molecule has 1 saturated heterocycles. The van der Waals surface area contributed by atoms with Crippen molar-refractivity contribution in [1.82, 2.24) is 4.90 Å². The molecule has 1 aliphatic heterocycles. The van der Waals surface area contributed by atoms with Crippen LogP contribution in [0.3, 0.4) is 0 Å². The van der Waals surface area contributed by atoms with Crippen molar-refractivity contribution in [3.8, 4) is 0 Å². The van der Waals surface area contributed by atoms with E-state index >= 15 is 0 Å². The predicted molar refractivity (Wildman–Crippen MR) is 88.3 cm³/mol. The van der Waals surface area contributed by atoms with Gasteiger partial charge in [0.2, 0.25) is 0 Å². The molecule has 1 fully saturated rings. The lowest BCUT2D eigenvalue weighted by molar-refractivity contribution is -0.142. The Bertz CT molecular complexity index is 702. The van der Waals surface area contributed by atoms with Crippen molar-refractivity contribution in [2.75, 3.05) is 6.54 Å². The summed E-state index contributed by atoms with van der Waals surface area (Å²) in [5.74, 6) is -1.50. The number of hydrogen-bond donors (Lipinski definition) is 1. The molecule has 1 aliphatic rings. The molecule has 0 aromatic heterocycles. The minimum absolute atomic E-state index is 0.176. The Kier molecular flexibility index (Phi) is 4.79. The first kappa shape index (κ1) is 16.1. The number of amides is 1. The van der Waals surface area contributed by atoms with Crippen LogP contribution in [0.1, 0.15) is 23.6 Å². The van der Waals surface area contributed by atoms with Crippen molar-refractivity contribution in [2.45, 2.75) is 19.1 Å². The summed E-state index contributed by atoms with van der Waals surface area (Å²) >= 11 is 0. The lowest BCUT2D eigenvalue weighted by Crippen LogP contribution is -2.34. The van der Waals surface area contributed by atoms with Gasteiger partial charge in [0.15, 0.2) is 0 Å². The fraction of sp³-hybridized carbons (Fsp3) is 0.263. The zero-order valence-corrected chi connectivity index (χ0v) is 13.2. The van der Waals surface area contributed by atoms with Crippen LogP contribution in [0.25, 0.3) is 0 Å². The average molecular weight is 325 g/mol. The number of benzene rings is 2. The van der Waals surface area contributed by atoms with E-state index in [1.165, 1.54) is 4.90 Å². The molecule has 0 spiro atoms. The minimum Gasteiger partial charge on any atom is -0.481 e. The molecule has 2 aromatic carbocycles. The summed E-state index contributed by atoms with van der Waals surface area (Å²) in [7, 11) is 0. The minimum atomic E-state index is -0.887. The number of likely N-dealkylation sites (tertiary alicyclic amines) is 1. The third kappa shape index (κ3) is 3.40. The van der Waals surface area contributed by atoms with Gasteiger partial charge in [-0.25, -0.2) is 4.79 Å². The quantitative estimate of drug-likeness (QED) is 0.934. The van der Waals surface area contributed by atoms with Crippen LogP contribution in [0, 0.1) is 5.92 Å². The average Bonchev–Trinajstić information content (AvgIpc) is 3.07. The summed E-state index contributed by atoms with van der Waals surface area (Å²) in [5, 5.41) is 9.47. The second-order valence-corrected chi connectivity index (χ2v) is 5.82. The number of ether oxygens (including phenoxy) is 1. The molecule has 0 saturated carbocycles. The molecule has 1 amide bonds. The lowest BCUT2D eigenvalue weighted by atomic mass is 9.94. The maximum atomic E-state index is 12.5. The molecule has 5 heteroatoms. The second kappa shape index (κ2) is 7.17. The molecule has 0 unspecified atom stereocenters. The van der Waals surface area contributed by atoms with Gasteiger partial charge in [-0.2, -0.15) is 0 Å². The lowest BCUT2D eigenvalue weighted by Gasteiger charge is -2.26. The first-order valence-electron chi connectivity index (χ1n) is 7.92. The molecular formula is C19H19NO4. The fourth-order valence-corrected chi connectivity index (χ4v) is 3.12. The van der Waals surface area contributed by atoms with E-state index in [0.717, 1.165) is 11.1 Å². The number of aliphatic carboxylic acids is 1. The number of carboxylic acid groups (broad SMARTS) is 1. The molecular weight excluding hydrogens is 306 g/mol. The van der Waals surface area contributed by atoms with Gasteiger partial charge >= 0.3 is 12.1 Å². The zero-order valence-electron chi connectivity index (χ0n) is 13.2. The Morgan fingerprint density at radius 1 is 1.04 bits per heavy atom. The van der Waals surface area contributed by atoms with E-state index in [4.69, 9.17) is 4.74 Å². The molecule has 0 bridgehead atoms. The van der Waals surface area contributed by atoms with Crippen LogP contribution in [0.2, 0.25) is 0 Å². The number of hydrogen-bond acceptors (Lipinski definition) is 3. The predicted octanol–water partition coefficient (Wildman–Crippen LogP) is 3.47. The van der Waals surface area contributed by atoms with E-state index in [0.29, 0.717) is 13.0 Å². The van der Waals surface area contributed by atoms with Crippen LogP contribution in [-0.2, 0) is 16.1 Å². The molecule has 3 rings (SSSR count). The van der Waals surface area contributed by atoms with Gasteiger partial charge in [-0.3, -0.25) is 4.79 Å². The van der Waals surface area contributed by atoms with Crippen LogP contribution < -0.4 is 0 Å². The first-order chi connectivity index (χ1) is 11.7. The monoisotopic (exact) mass is 325 g/mol. The van der Waals surface area contributed by atoms with Gasteiger partial charge in [0.25, 0.3) is 0 Å². The number of rotatable bonds is 4. The smallest absolute Gasteiger partial charge is 0.410 e. The third-order valence-electron chi connectivity index (χ3n) is 4.30. The number of carbonyl (C=O) groups excluding carboxylic acids is 1. The SMILES string of the molecule is O=C(O)[C@@H]1CCN(C(=O)OCc2ccccc2)[C@@H]1c1ccccc1. The normalized spacial score (nSPS) is 19.9. The van der Waals surface area contributed by atoms with E-state index in [1.54, 1.807) is 0 Å². The molecule has 5 nitrogen and oxygen atoms in total. The number of carboxylic acids is 1. The van der Waals surface area contributed by atoms with E-state index < -0.39 is 24.0 Å². The fourth-order valence-electron chi connectivity index (χ4n) is 3.12. The summed E-state index contributed by atoms with van der Waals surface area (Å²) in [6, 6.07) is 18.2. The van der Waals surface area contributed by atoms with Crippen molar-refractivity contribution in [1.29, 1.82) is 0 Å². The summed E-state index contributed by atoms with van der Waals surface area (Å²) < 4.78 is 5.39. The van der Waals surface area contributed by atoms with Crippen LogP contribution >= 0.6 is 0 Å². The van der Waals surface area contributed by atoms with Crippen molar-refractivity contribution in [3.63, 3.8) is 0 Å². The van der Waals surface area contributed by atoms with Gasteiger partial charge in [0, 0.05) is 6.54 Å². The Labute approximate surface area is 140 Å². The van der Waals surface area contributed by atoms with Crippen LogP contribution in [0.5, 0.6) is 0 Å². The Balaban J connectivity index is 1.75. The standard InChI is InChI=1S/C19H19NO4/c21-18(22)16-11-12-20(17(16)15-9-5-2-6-10-15)19(23)24-13-14-7-3-1-4-8-14/h1-10,16-17H,11-13H2,(H,21,22)/t16-,17-/m1/s1. The van der Waals surface area contributed by atoms with Gasteiger partial charge in [-0.05, 0) is 17.5 Å². The van der Waals surface area contributed by atoms with Gasteiger partial charge < -0.3 is 14.7 Å². The number of carbonyl (C=O) groups is 2. The van der Waals surface area contributed by atoms with Gasteiger partial charge in [0.05, 0.1) is 12.0 Å². The van der Waals surface area contributed by atoms with E-state index in [1.807, 2.05) is 60.7 Å². The molecule has 2 atom stereocenters. The number of nitrogens with zero attached hydrogens (tertiary/aromatic N) is 1. The van der Waals surface area contributed by atoms with E-state index in [-0.39, 0.29) is 6.61 Å². The molecule has 1 N–H and O–H groups in total. The Hall–Kier alpha value is -2.82. The van der Waals surface area contributed by atoms with E-state index in [2.05, 4.69) is 0 Å². The molecule has 0 radical (unpaired) electrons. The zero-order chi connectivity index (χ0) is 16.9. The van der Waals surface area contributed by atoms with Gasteiger partial charge in [0.1, 0.15) is 6.61 Å². The maximum Gasteiger partial charge on any atom is 0.410 e. The molecule has 0 aliphatic carbocycles. The summed E-state index contributed by atoms with van der Waals surface area (Å²) in [6.07, 6.45) is -0.0496. The highest BCUT2D eigenvalue weighted by molar-refractivity contribution is 5.75. The van der Waals surface area contributed by atoms with Crippen LogP contribution in [0.15, 0.2) is 60.7 Å². The van der Waals surface area contributed by atoms with Crippen molar-refractivity contribution < 1.29 is 19.4 Å². The van der Waals surface area contributed by atoms with Crippen molar-refractivity contribution in [2.24, 2.45) is 5.92 Å². The summed E-state index contributed by atoms with van der Waals surface area (Å²) in [5.41, 5.74) is 1.72. The van der Waals surface area contributed by atoms with Crippen molar-refractivity contribution >= 4 is 12.1 Å². The summed E-state index contributed by atoms with van der Waals surface area (Å²) in [4.78, 5) is 25.6. The topological polar surface area (TPSA) is 66.8 Å². The largest absolute Gasteiger partial charge is 0.481 e. The highest BCUT2D eigenvalue weighted by Crippen LogP contribution is 2.37. The Morgan fingerprint density at radius 2 is 1.67 bits per heavy atom. The maximum absolute atomic E-state index is 12.5. The first-order valence-corrected chi connectivity index (χ1v) is 7.92. The molecule has 2 aromatic rings. The molecule has 124 valence electrons. The van der Waals surface area contributed by atoms with Crippen LogP contribution in [-0.4, -0.2) is 28.6 Å². The second-order valence-electron chi connectivity index (χ2n) is 5.82. The molecule has 1 heterocycles. The highest BCUT2D eigenvalue weighted by Gasteiger charge is 2.42. The van der Waals surface area contributed by atoms with Gasteiger partial charge in [-0.1, -0.05) is 60.7 Å².